The number of aromatic amines is 1. The van der Waals surface area contributed by atoms with E-state index in [1.54, 1.807) is 17.5 Å². The summed E-state index contributed by atoms with van der Waals surface area (Å²) >= 11 is 1.67. The fourth-order valence-electron chi connectivity index (χ4n) is 2.10. The Hall–Kier alpha value is -2.14. The van der Waals surface area contributed by atoms with Crippen LogP contribution in [0.15, 0.2) is 41.9 Å². The molecule has 2 aromatic heterocycles. The van der Waals surface area contributed by atoms with E-state index >= 15 is 0 Å². The van der Waals surface area contributed by atoms with Crippen LogP contribution >= 0.6 is 11.3 Å². The van der Waals surface area contributed by atoms with E-state index in [2.05, 4.69) is 51.0 Å². The van der Waals surface area contributed by atoms with Crippen molar-refractivity contribution in [3.8, 4) is 11.3 Å². The predicted octanol–water partition coefficient (Wildman–Crippen LogP) is 4.01. The Bertz CT molecular complexity index is 687. The fourth-order valence-corrected chi connectivity index (χ4v) is 2.72. The van der Waals surface area contributed by atoms with E-state index in [-0.39, 0.29) is 6.04 Å². The summed E-state index contributed by atoms with van der Waals surface area (Å²) in [5.41, 5.74) is 4.32. The highest BCUT2D eigenvalue weighted by molar-refractivity contribution is 7.09. The number of H-pyrrole nitrogens is 1. The van der Waals surface area contributed by atoms with Gasteiger partial charge in [-0.15, -0.1) is 11.3 Å². The van der Waals surface area contributed by atoms with Crippen molar-refractivity contribution in [1.82, 2.24) is 15.2 Å². The van der Waals surface area contributed by atoms with Crippen LogP contribution in [-0.4, -0.2) is 15.2 Å². The van der Waals surface area contributed by atoms with Crippen molar-refractivity contribution in [3.05, 3.63) is 52.6 Å². The Morgan fingerprint density at radius 3 is 2.90 bits per heavy atom. The van der Waals surface area contributed by atoms with Crippen LogP contribution in [0.2, 0.25) is 0 Å². The van der Waals surface area contributed by atoms with Crippen molar-refractivity contribution in [1.29, 1.82) is 0 Å². The first-order chi connectivity index (χ1) is 9.72. The number of nitrogens with zero attached hydrogens (tertiary/aromatic N) is 2. The summed E-state index contributed by atoms with van der Waals surface area (Å²) in [5, 5.41) is 13.6. The van der Waals surface area contributed by atoms with Crippen LogP contribution in [0.4, 0.5) is 5.69 Å². The van der Waals surface area contributed by atoms with Gasteiger partial charge in [-0.1, -0.05) is 12.1 Å². The van der Waals surface area contributed by atoms with Crippen LogP contribution < -0.4 is 5.32 Å². The molecule has 0 radical (unpaired) electrons. The molecule has 0 aliphatic heterocycles. The third kappa shape index (κ3) is 2.72. The van der Waals surface area contributed by atoms with Gasteiger partial charge in [-0.3, -0.25) is 5.10 Å². The summed E-state index contributed by atoms with van der Waals surface area (Å²) in [6, 6.07) is 10.5. The van der Waals surface area contributed by atoms with Gasteiger partial charge >= 0.3 is 0 Å². The zero-order chi connectivity index (χ0) is 13.9. The second-order valence-electron chi connectivity index (χ2n) is 4.71. The molecule has 0 bridgehead atoms. The summed E-state index contributed by atoms with van der Waals surface area (Å²) in [7, 11) is 0. The fraction of sp³-hybridized carbons (Fsp3) is 0.200. The summed E-state index contributed by atoms with van der Waals surface area (Å²) in [6.07, 6.45) is 1.77. The second-order valence-corrected chi connectivity index (χ2v) is 5.77. The smallest absolute Gasteiger partial charge is 0.0901 e. The number of nitrogens with one attached hydrogen (secondary N) is 2. The number of aromatic nitrogens is 3. The number of rotatable bonds is 4. The lowest BCUT2D eigenvalue weighted by molar-refractivity contribution is 0.826. The molecule has 0 fully saturated rings. The average Bonchev–Trinajstić information content (AvgIpc) is 3.10. The SMILES string of the molecule is Cc1nc(-c2cccc(NC(C)c3ccn[nH]3)c2)cs1. The van der Waals surface area contributed by atoms with Gasteiger partial charge < -0.3 is 5.32 Å². The van der Waals surface area contributed by atoms with Crippen molar-refractivity contribution in [2.24, 2.45) is 0 Å². The molecule has 0 saturated heterocycles. The standard InChI is InChI=1S/C15H16N4S/c1-10(14-6-7-16-19-14)17-13-5-3-4-12(8-13)15-9-20-11(2)18-15/h3-10,17H,1-2H3,(H,16,19). The summed E-state index contributed by atoms with van der Waals surface area (Å²) in [5.74, 6) is 0. The molecule has 0 saturated carbocycles. The lowest BCUT2D eigenvalue weighted by Gasteiger charge is -2.14. The molecule has 1 unspecified atom stereocenters. The van der Waals surface area contributed by atoms with Crippen molar-refractivity contribution in [2.75, 3.05) is 5.32 Å². The van der Waals surface area contributed by atoms with E-state index in [4.69, 9.17) is 0 Å². The summed E-state index contributed by atoms with van der Waals surface area (Å²) < 4.78 is 0. The maximum Gasteiger partial charge on any atom is 0.0901 e. The van der Waals surface area contributed by atoms with Crippen molar-refractivity contribution >= 4 is 17.0 Å². The number of thiazole rings is 1. The number of hydrogen-bond donors (Lipinski definition) is 2. The van der Waals surface area contributed by atoms with Crippen LogP contribution in [0.25, 0.3) is 11.3 Å². The predicted molar refractivity (Wildman–Crippen MR) is 82.9 cm³/mol. The molecular formula is C15H16N4S. The monoisotopic (exact) mass is 284 g/mol. The Kier molecular flexibility index (Phi) is 3.52. The third-order valence-electron chi connectivity index (χ3n) is 3.15. The van der Waals surface area contributed by atoms with Crippen LogP contribution in [-0.2, 0) is 0 Å². The minimum Gasteiger partial charge on any atom is -0.377 e. The van der Waals surface area contributed by atoms with E-state index in [9.17, 15) is 0 Å². The summed E-state index contributed by atoms with van der Waals surface area (Å²) in [6.45, 7) is 4.13. The summed E-state index contributed by atoms with van der Waals surface area (Å²) in [4.78, 5) is 4.53. The Labute approximate surface area is 121 Å². The van der Waals surface area contributed by atoms with Gasteiger partial charge in [-0.2, -0.15) is 5.10 Å². The van der Waals surface area contributed by atoms with Crippen molar-refractivity contribution in [2.45, 2.75) is 19.9 Å². The topological polar surface area (TPSA) is 53.6 Å². The molecular weight excluding hydrogens is 268 g/mol. The van der Waals surface area contributed by atoms with Gasteiger partial charge in [-0.25, -0.2) is 4.98 Å². The first-order valence-electron chi connectivity index (χ1n) is 6.51. The average molecular weight is 284 g/mol. The number of aryl methyl sites for hydroxylation is 1. The molecule has 0 aliphatic carbocycles. The molecule has 2 heterocycles. The minimum atomic E-state index is 0.185. The molecule has 3 rings (SSSR count). The van der Waals surface area contributed by atoms with Gasteiger partial charge in [0.25, 0.3) is 0 Å². The minimum absolute atomic E-state index is 0.185. The van der Waals surface area contributed by atoms with E-state index < -0.39 is 0 Å². The van der Waals surface area contributed by atoms with Gasteiger partial charge in [0.2, 0.25) is 0 Å². The highest BCUT2D eigenvalue weighted by atomic mass is 32.1. The molecule has 1 atom stereocenters. The highest BCUT2D eigenvalue weighted by Crippen LogP contribution is 2.25. The van der Waals surface area contributed by atoms with Crippen LogP contribution in [0.3, 0.4) is 0 Å². The van der Waals surface area contributed by atoms with Gasteiger partial charge in [0, 0.05) is 22.8 Å². The lowest BCUT2D eigenvalue weighted by Crippen LogP contribution is -2.07. The number of benzene rings is 1. The van der Waals surface area contributed by atoms with E-state index in [0.29, 0.717) is 0 Å². The van der Waals surface area contributed by atoms with E-state index in [1.807, 2.05) is 19.1 Å². The molecule has 2 N–H and O–H groups in total. The van der Waals surface area contributed by atoms with Crippen LogP contribution in [0.5, 0.6) is 0 Å². The van der Waals surface area contributed by atoms with Gasteiger partial charge in [0.05, 0.1) is 22.4 Å². The van der Waals surface area contributed by atoms with Crippen molar-refractivity contribution in [3.63, 3.8) is 0 Å². The normalized spacial score (nSPS) is 12.3. The Morgan fingerprint density at radius 1 is 1.30 bits per heavy atom. The van der Waals surface area contributed by atoms with Gasteiger partial charge in [0.15, 0.2) is 0 Å². The zero-order valence-electron chi connectivity index (χ0n) is 11.4. The van der Waals surface area contributed by atoms with E-state index in [0.717, 1.165) is 27.6 Å². The first-order valence-corrected chi connectivity index (χ1v) is 7.39. The van der Waals surface area contributed by atoms with E-state index in [1.165, 1.54) is 0 Å². The molecule has 0 aliphatic rings. The Morgan fingerprint density at radius 2 is 2.20 bits per heavy atom. The van der Waals surface area contributed by atoms with Crippen molar-refractivity contribution < 1.29 is 0 Å². The highest BCUT2D eigenvalue weighted by Gasteiger charge is 2.08. The quantitative estimate of drug-likeness (QED) is 0.761. The Balaban J connectivity index is 1.81. The maximum atomic E-state index is 4.53. The van der Waals surface area contributed by atoms with Gasteiger partial charge in [0.1, 0.15) is 0 Å². The molecule has 3 aromatic rings. The molecule has 1 aromatic carbocycles. The first kappa shape index (κ1) is 12.9. The van der Waals surface area contributed by atoms with Gasteiger partial charge in [-0.05, 0) is 32.0 Å². The van der Waals surface area contributed by atoms with Crippen LogP contribution in [0.1, 0.15) is 23.7 Å². The molecule has 20 heavy (non-hydrogen) atoms. The molecule has 0 amide bonds. The maximum absolute atomic E-state index is 4.53. The molecule has 4 nitrogen and oxygen atoms in total. The number of anilines is 1. The van der Waals surface area contributed by atoms with Crippen LogP contribution in [0, 0.1) is 6.92 Å². The molecule has 0 spiro atoms. The molecule has 5 heteroatoms. The number of hydrogen-bond acceptors (Lipinski definition) is 4. The largest absolute Gasteiger partial charge is 0.377 e. The molecule has 102 valence electrons. The lowest BCUT2D eigenvalue weighted by atomic mass is 10.1. The second kappa shape index (κ2) is 5.46. The third-order valence-corrected chi connectivity index (χ3v) is 3.92. The zero-order valence-corrected chi connectivity index (χ0v) is 12.2.